The highest BCUT2D eigenvalue weighted by atomic mass is 16.6. The zero-order valence-corrected chi connectivity index (χ0v) is 23.6. The van der Waals surface area contributed by atoms with Crippen molar-refractivity contribution in [1.29, 1.82) is 0 Å². The topological polar surface area (TPSA) is 148 Å². The SMILES string of the molecule is C/C=C/CN1C(=O)C2C(c3cccc(OC)c3OCc3ccccc3)NC(Cc3ccc([N+](=O)[O-])cc3)(C(=O)O)C2C1=O. The first-order chi connectivity index (χ1) is 20.7. The first-order valence-corrected chi connectivity index (χ1v) is 13.8. The summed E-state index contributed by atoms with van der Waals surface area (Å²) in [6, 6.07) is 19.2. The number of likely N-dealkylation sites (tertiary alicyclic amines) is 1. The second-order valence-corrected chi connectivity index (χ2v) is 10.5. The Morgan fingerprint density at radius 1 is 1.05 bits per heavy atom. The van der Waals surface area contributed by atoms with Crippen molar-refractivity contribution in [2.24, 2.45) is 11.8 Å². The van der Waals surface area contributed by atoms with Crippen LogP contribution >= 0.6 is 0 Å². The lowest BCUT2D eigenvalue weighted by molar-refractivity contribution is -0.384. The number of amides is 2. The van der Waals surface area contributed by atoms with E-state index in [4.69, 9.17) is 9.47 Å². The number of para-hydroxylation sites is 1. The molecule has 5 rings (SSSR count). The molecule has 3 aromatic rings. The molecule has 0 aliphatic carbocycles. The summed E-state index contributed by atoms with van der Waals surface area (Å²) in [5.41, 5.74) is -0.226. The fourth-order valence-corrected chi connectivity index (χ4v) is 6.04. The number of benzene rings is 3. The second-order valence-electron chi connectivity index (χ2n) is 10.5. The van der Waals surface area contributed by atoms with E-state index in [0.717, 1.165) is 10.5 Å². The molecule has 2 N–H and O–H groups in total. The van der Waals surface area contributed by atoms with Crippen LogP contribution in [0.15, 0.2) is 84.9 Å². The van der Waals surface area contributed by atoms with Gasteiger partial charge in [0.05, 0.1) is 23.9 Å². The van der Waals surface area contributed by atoms with Crippen molar-refractivity contribution in [1.82, 2.24) is 10.2 Å². The maximum atomic E-state index is 13.9. The Kier molecular flexibility index (Phi) is 8.27. The summed E-state index contributed by atoms with van der Waals surface area (Å²) in [7, 11) is 1.48. The maximum absolute atomic E-state index is 13.9. The Bertz CT molecular complexity index is 1570. The quantitative estimate of drug-likeness (QED) is 0.147. The number of methoxy groups -OCH3 is 1. The zero-order chi connectivity index (χ0) is 30.7. The van der Waals surface area contributed by atoms with E-state index in [-0.39, 0.29) is 25.3 Å². The number of imide groups is 1. The number of nitrogens with one attached hydrogen (secondary N) is 1. The van der Waals surface area contributed by atoms with Crippen molar-refractivity contribution < 1.29 is 33.9 Å². The molecule has 0 aromatic heterocycles. The lowest BCUT2D eigenvalue weighted by Crippen LogP contribution is -2.57. The van der Waals surface area contributed by atoms with Crippen LogP contribution in [0.1, 0.15) is 29.7 Å². The molecular weight excluding hydrogens is 554 g/mol. The maximum Gasteiger partial charge on any atom is 0.325 e. The predicted molar refractivity (Wildman–Crippen MR) is 155 cm³/mol. The van der Waals surface area contributed by atoms with Gasteiger partial charge in [-0.3, -0.25) is 34.7 Å². The number of aliphatic carboxylic acids is 1. The van der Waals surface area contributed by atoms with Gasteiger partial charge in [0.1, 0.15) is 12.1 Å². The van der Waals surface area contributed by atoms with E-state index in [1.165, 1.54) is 31.4 Å². The normalized spacial score (nSPS) is 23.0. The molecule has 4 unspecified atom stereocenters. The van der Waals surface area contributed by atoms with Crippen molar-refractivity contribution in [3.05, 3.63) is 112 Å². The molecule has 43 heavy (non-hydrogen) atoms. The highest BCUT2D eigenvalue weighted by Crippen LogP contribution is 2.52. The number of carboxylic acid groups (broad SMARTS) is 1. The summed E-state index contributed by atoms with van der Waals surface area (Å²) >= 11 is 0. The number of nitrogens with zero attached hydrogens (tertiary/aromatic N) is 2. The number of nitro benzene ring substituents is 1. The summed E-state index contributed by atoms with van der Waals surface area (Å²) in [6.45, 7) is 1.96. The number of carbonyl (C=O) groups is 3. The number of fused-ring (bicyclic) bond motifs is 1. The fourth-order valence-electron chi connectivity index (χ4n) is 6.04. The number of non-ortho nitro benzene ring substituents is 1. The van der Waals surface area contributed by atoms with Gasteiger partial charge in [0, 0.05) is 36.7 Å². The van der Waals surface area contributed by atoms with Crippen molar-refractivity contribution >= 4 is 23.5 Å². The van der Waals surface area contributed by atoms with Gasteiger partial charge in [0.15, 0.2) is 11.5 Å². The van der Waals surface area contributed by atoms with Crippen LogP contribution < -0.4 is 14.8 Å². The second kappa shape index (κ2) is 12.1. The van der Waals surface area contributed by atoms with Crippen LogP contribution in [-0.2, 0) is 27.4 Å². The van der Waals surface area contributed by atoms with Crippen LogP contribution in [0.25, 0.3) is 0 Å². The van der Waals surface area contributed by atoms with Gasteiger partial charge >= 0.3 is 5.97 Å². The molecule has 2 saturated heterocycles. The van der Waals surface area contributed by atoms with Crippen molar-refractivity contribution in [3.8, 4) is 11.5 Å². The summed E-state index contributed by atoms with van der Waals surface area (Å²) in [4.78, 5) is 52.7. The molecule has 2 amide bonds. The number of allylic oxidation sites excluding steroid dienone is 1. The minimum Gasteiger partial charge on any atom is -0.493 e. The fraction of sp³-hybridized carbons (Fsp3) is 0.281. The Labute approximate surface area is 247 Å². The van der Waals surface area contributed by atoms with E-state index < -0.39 is 46.1 Å². The largest absolute Gasteiger partial charge is 0.493 e. The molecule has 0 saturated carbocycles. The number of nitro groups is 1. The first-order valence-electron chi connectivity index (χ1n) is 13.8. The standard InChI is InChI=1S/C32H31N3O8/c1-3-4-17-34-29(36)25-26(30(34)37)32(31(38)39,18-20-13-15-22(16-14-20)35(40)41)33-27(25)23-11-8-12-24(42-2)28(23)43-19-21-9-6-5-7-10-21/h3-16,25-27,33H,17-19H2,1-2H3,(H,38,39)/b4-3+. The Balaban J connectivity index is 1.61. The van der Waals surface area contributed by atoms with Crippen LogP contribution in [0, 0.1) is 22.0 Å². The van der Waals surface area contributed by atoms with Gasteiger partial charge in [0.25, 0.3) is 5.69 Å². The van der Waals surface area contributed by atoms with Crippen LogP contribution in [0.4, 0.5) is 5.69 Å². The summed E-state index contributed by atoms with van der Waals surface area (Å²) in [5.74, 6) is -4.00. The van der Waals surface area contributed by atoms with Gasteiger partial charge in [-0.05, 0) is 24.1 Å². The lowest BCUT2D eigenvalue weighted by Gasteiger charge is -2.31. The summed E-state index contributed by atoms with van der Waals surface area (Å²) < 4.78 is 11.8. The molecule has 4 atom stereocenters. The predicted octanol–water partition coefficient (Wildman–Crippen LogP) is 4.07. The molecular formula is C32H31N3O8. The van der Waals surface area contributed by atoms with Crippen molar-refractivity contribution in [2.45, 2.75) is 31.5 Å². The monoisotopic (exact) mass is 585 g/mol. The van der Waals surface area contributed by atoms with E-state index in [9.17, 15) is 29.6 Å². The molecule has 2 fully saturated rings. The van der Waals surface area contributed by atoms with Gasteiger partial charge in [-0.1, -0.05) is 66.7 Å². The third-order valence-electron chi connectivity index (χ3n) is 8.07. The summed E-state index contributed by atoms with van der Waals surface area (Å²) in [6.07, 6.45) is 3.18. The Morgan fingerprint density at radius 2 is 1.77 bits per heavy atom. The number of rotatable bonds is 11. The van der Waals surface area contributed by atoms with Crippen LogP contribution in [0.3, 0.4) is 0 Å². The Morgan fingerprint density at radius 3 is 2.40 bits per heavy atom. The zero-order valence-electron chi connectivity index (χ0n) is 23.6. The molecule has 2 heterocycles. The minimum atomic E-state index is -1.90. The molecule has 0 bridgehead atoms. The van der Waals surface area contributed by atoms with Gasteiger partial charge in [-0.25, -0.2) is 0 Å². The smallest absolute Gasteiger partial charge is 0.325 e. The third-order valence-corrected chi connectivity index (χ3v) is 8.07. The van der Waals surface area contributed by atoms with Crippen molar-refractivity contribution in [2.75, 3.05) is 13.7 Å². The average Bonchev–Trinajstić information content (AvgIpc) is 3.48. The highest BCUT2D eigenvalue weighted by Gasteiger charge is 2.68. The van der Waals surface area contributed by atoms with Crippen molar-refractivity contribution in [3.63, 3.8) is 0 Å². The highest BCUT2D eigenvalue weighted by molar-refractivity contribution is 6.09. The van der Waals surface area contributed by atoms with Gasteiger partial charge < -0.3 is 14.6 Å². The molecule has 2 aliphatic rings. The summed E-state index contributed by atoms with van der Waals surface area (Å²) in [5, 5.41) is 25.1. The molecule has 0 spiro atoms. The number of carboxylic acids is 1. The van der Waals surface area contributed by atoms with Crippen LogP contribution in [0.5, 0.6) is 11.5 Å². The first kappa shape index (κ1) is 29.5. The van der Waals surface area contributed by atoms with E-state index in [2.05, 4.69) is 5.32 Å². The Hall–Kier alpha value is -5.03. The number of ether oxygens (including phenoxy) is 2. The average molecular weight is 586 g/mol. The molecule has 3 aromatic carbocycles. The van der Waals surface area contributed by atoms with E-state index in [1.54, 1.807) is 37.3 Å². The number of carbonyl (C=O) groups excluding carboxylic acids is 2. The molecule has 222 valence electrons. The molecule has 0 radical (unpaired) electrons. The van der Waals surface area contributed by atoms with E-state index in [0.29, 0.717) is 22.6 Å². The van der Waals surface area contributed by atoms with Crippen LogP contribution in [-0.4, -0.2) is 51.9 Å². The van der Waals surface area contributed by atoms with E-state index >= 15 is 0 Å². The minimum absolute atomic E-state index is 0.0105. The van der Waals surface area contributed by atoms with Gasteiger partial charge in [-0.2, -0.15) is 0 Å². The molecule has 11 heteroatoms. The molecule has 2 aliphatic heterocycles. The van der Waals surface area contributed by atoms with Gasteiger partial charge in [0.2, 0.25) is 11.8 Å². The number of hydrogen-bond acceptors (Lipinski definition) is 8. The third kappa shape index (κ3) is 5.35. The van der Waals surface area contributed by atoms with Crippen LogP contribution in [0.2, 0.25) is 0 Å². The van der Waals surface area contributed by atoms with Gasteiger partial charge in [-0.15, -0.1) is 0 Å². The molecule has 11 nitrogen and oxygen atoms in total. The lowest BCUT2D eigenvalue weighted by atomic mass is 9.76. The van der Waals surface area contributed by atoms with E-state index in [1.807, 2.05) is 30.3 Å². The number of hydrogen-bond donors (Lipinski definition) is 2.